The van der Waals surface area contributed by atoms with Crippen molar-refractivity contribution in [1.29, 1.82) is 0 Å². The third kappa shape index (κ3) is 2.79. The Labute approximate surface area is 123 Å². The lowest BCUT2D eigenvalue weighted by Gasteiger charge is -2.35. The standard InChI is InChI=1S/C15H19N5O/c1-11-7-12(2)9-19(8-11)15(21)13-5-3-4-6-14(13)20-10-16-17-18-20/h3-6,10-12H,7-9H2,1-2H3/t11-,12-/m1/s1. The zero-order valence-electron chi connectivity index (χ0n) is 12.3. The maximum Gasteiger partial charge on any atom is 0.256 e. The van der Waals surface area contributed by atoms with E-state index in [1.54, 1.807) is 0 Å². The molecule has 110 valence electrons. The van der Waals surface area contributed by atoms with Gasteiger partial charge < -0.3 is 4.90 Å². The van der Waals surface area contributed by atoms with E-state index < -0.39 is 0 Å². The number of benzene rings is 1. The van der Waals surface area contributed by atoms with Crippen molar-refractivity contribution in [2.45, 2.75) is 20.3 Å². The van der Waals surface area contributed by atoms with Crippen molar-refractivity contribution < 1.29 is 4.79 Å². The Morgan fingerprint density at radius 2 is 1.90 bits per heavy atom. The van der Waals surface area contributed by atoms with Crippen LogP contribution in [0.1, 0.15) is 30.6 Å². The summed E-state index contributed by atoms with van der Waals surface area (Å²) in [6, 6.07) is 7.46. The minimum Gasteiger partial charge on any atom is -0.338 e. The maximum atomic E-state index is 12.9. The minimum absolute atomic E-state index is 0.0551. The molecule has 3 rings (SSSR count). The number of likely N-dealkylation sites (tertiary alicyclic amines) is 1. The van der Waals surface area contributed by atoms with Crippen LogP contribution in [0.5, 0.6) is 0 Å². The van der Waals surface area contributed by atoms with E-state index in [1.807, 2.05) is 29.2 Å². The van der Waals surface area contributed by atoms with Crippen LogP contribution in [0, 0.1) is 11.8 Å². The molecule has 1 aromatic carbocycles. The molecule has 6 nitrogen and oxygen atoms in total. The van der Waals surface area contributed by atoms with Gasteiger partial charge in [0.05, 0.1) is 11.3 Å². The highest BCUT2D eigenvalue weighted by Crippen LogP contribution is 2.24. The minimum atomic E-state index is 0.0551. The Balaban J connectivity index is 1.92. The Bertz CT molecular complexity index is 615. The number of para-hydroxylation sites is 1. The predicted molar refractivity (Wildman–Crippen MR) is 78.0 cm³/mol. The van der Waals surface area contributed by atoms with Gasteiger partial charge in [0.25, 0.3) is 5.91 Å². The van der Waals surface area contributed by atoms with Gasteiger partial charge >= 0.3 is 0 Å². The van der Waals surface area contributed by atoms with Crippen LogP contribution in [0.15, 0.2) is 30.6 Å². The van der Waals surface area contributed by atoms with Crippen molar-refractivity contribution in [1.82, 2.24) is 25.1 Å². The molecule has 1 saturated heterocycles. The van der Waals surface area contributed by atoms with Gasteiger partial charge in [-0.15, -0.1) is 5.10 Å². The van der Waals surface area contributed by atoms with Crippen molar-refractivity contribution in [2.75, 3.05) is 13.1 Å². The summed E-state index contributed by atoms with van der Waals surface area (Å²) in [6.45, 7) is 6.02. The number of hydrogen-bond donors (Lipinski definition) is 0. The number of piperidine rings is 1. The van der Waals surface area contributed by atoms with E-state index in [-0.39, 0.29) is 5.91 Å². The number of carbonyl (C=O) groups excluding carboxylic acids is 1. The van der Waals surface area contributed by atoms with Crippen molar-refractivity contribution in [3.05, 3.63) is 36.2 Å². The van der Waals surface area contributed by atoms with Crippen LogP contribution in [0.4, 0.5) is 0 Å². The summed E-state index contributed by atoms with van der Waals surface area (Å²) in [7, 11) is 0. The Kier molecular flexibility index (Phi) is 3.68. The molecule has 2 aromatic rings. The summed E-state index contributed by atoms with van der Waals surface area (Å²) < 4.78 is 1.53. The van der Waals surface area contributed by atoms with E-state index in [1.165, 1.54) is 17.4 Å². The van der Waals surface area contributed by atoms with Crippen LogP contribution in [0.3, 0.4) is 0 Å². The van der Waals surface area contributed by atoms with E-state index in [4.69, 9.17) is 0 Å². The molecule has 1 fully saturated rings. The summed E-state index contributed by atoms with van der Waals surface area (Å²) in [4.78, 5) is 14.8. The number of hydrogen-bond acceptors (Lipinski definition) is 4. The van der Waals surface area contributed by atoms with Crippen molar-refractivity contribution in [3.63, 3.8) is 0 Å². The molecule has 1 aliphatic heterocycles. The fourth-order valence-electron chi connectivity index (χ4n) is 3.13. The van der Waals surface area contributed by atoms with Gasteiger partial charge in [-0.25, -0.2) is 0 Å². The first-order chi connectivity index (χ1) is 10.1. The molecule has 6 heteroatoms. The van der Waals surface area contributed by atoms with E-state index in [0.29, 0.717) is 17.4 Å². The van der Waals surface area contributed by atoms with Crippen molar-refractivity contribution in [2.24, 2.45) is 11.8 Å². The van der Waals surface area contributed by atoms with Gasteiger partial charge in [-0.3, -0.25) is 4.79 Å². The molecular weight excluding hydrogens is 266 g/mol. The highest BCUT2D eigenvalue weighted by Gasteiger charge is 2.27. The fourth-order valence-corrected chi connectivity index (χ4v) is 3.13. The Morgan fingerprint density at radius 1 is 1.19 bits per heavy atom. The van der Waals surface area contributed by atoms with Gasteiger partial charge in [0.15, 0.2) is 0 Å². The second kappa shape index (κ2) is 5.63. The Hall–Kier alpha value is -2.24. The zero-order chi connectivity index (χ0) is 14.8. The van der Waals surface area contributed by atoms with Crippen LogP contribution >= 0.6 is 0 Å². The fraction of sp³-hybridized carbons (Fsp3) is 0.467. The normalized spacial score (nSPS) is 22.3. The highest BCUT2D eigenvalue weighted by atomic mass is 16.2. The van der Waals surface area contributed by atoms with Gasteiger partial charge in [-0.05, 0) is 40.8 Å². The number of amides is 1. The van der Waals surface area contributed by atoms with Gasteiger partial charge in [0, 0.05) is 13.1 Å². The van der Waals surface area contributed by atoms with Gasteiger partial charge in [-0.2, -0.15) is 4.68 Å². The lowest BCUT2D eigenvalue weighted by Crippen LogP contribution is -2.42. The number of rotatable bonds is 2. The van der Waals surface area contributed by atoms with E-state index in [0.717, 1.165) is 18.8 Å². The van der Waals surface area contributed by atoms with Crippen molar-refractivity contribution >= 4 is 5.91 Å². The monoisotopic (exact) mass is 285 g/mol. The molecule has 1 aromatic heterocycles. The van der Waals surface area contributed by atoms with Crippen LogP contribution in [0.2, 0.25) is 0 Å². The molecule has 2 atom stereocenters. The SMILES string of the molecule is C[C@@H]1C[C@@H](C)CN(C(=O)c2ccccc2-n2cnnn2)C1. The third-order valence-corrected chi connectivity index (χ3v) is 3.89. The summed E-state index contributed by atoms with van der Waals surface area (Å²) in [5.41, 5.74) is 1.37. The molecule has 0 spiro atoms. The first-order valence-electron chi connectivity index (χ1n) is 7.27. The van der Waals surface area contributed by atoms with Crippen molar-refractivity contribution in [3.8, 4) is 5.69 Å². The third-order valence-electron chi connectivity index (χ3n) is 3.89. The molecular formula is C15H19N5O. The largest absolute Gasteiger partial charge is 0.338 e. The van der Waals surface area contributed by atoms with E-state index in [2.05, 4.69) is 29.4 Å². The molecule has 21 heavy (non-hydrogen) atoms. The van der Waals surface area contributed by atoms with Gasteiger partial charge in [-0.1, -0.05) is 26.0 Å². The number of aromatic nitrogens is 4. The van der Waals surface area contributed by atoms with Crippen LogP contribution in [0.25, 0.3) is 5.69 Å². The molecule has 2 heterocycles. The first kappa shape index (κ1) is 13.7. The molecule has 1 aliphatic rings. The zero-order valence-corrected chi connectivity index (χ0v) is 12.3. The predicted octanol–water partition coefficient (Wildman–Crippen LogP) is 1.78. The first-order valence-corrected chi connectivity index (χ1v) is 7.27. The molecule has 0 aliphatic carbocycles. The van der Waals surface area contributed by atoms with Crippen LogP contribution in [-0.4, -0.2) is 44.1 Å². The topological polar surface area (TPSA) is 63.9 Å². The van der Waals surface area contributed by atoms with E-state index in [9.17, 15) is 4.79 Å². The number of nitrogens with zero attached hydrogens (tertiary/aromatic N) is 5. The quantitative estimate of drug-likeness (QED) is 0.843. The average Bonchev–Trinajstić information content (AvgIpc) is 2.99. The number of tetrazole rings is 1. The van der Waals surface area contributed by atoms with Gasteiger partial charge in [0.2, 0.25) is 0 Å². The second-order valence-electron chi connectivity index (χ2n) is 5.93. The smallest absolute Gasteiger partial charge is 0.256 e. The van der Waals surface area contributed by atoms with Crippen LogP contribution in [-0.2, 0) is 0 Å². The highest BCUT2D eigenvalue weighted by molar-refractivity contribution is 5.97. The lowest BCUT2D eigenvalue weighted by atomic mass is 9.91. The maximum absolute atomic E-state index is 12.9. The second-order valence-corrected chi connectivity index (χ2v) is 5.93. The molecule has 1 amide bonds. The molecule has 0 radical (unpaired) electrons. The molecule has 0 N–H and O–H groups in total. The van der Waals surface area contributed by atoms with Crippen LogP contribution < -0.4 is 0 Å². The summed E-state index contributed by atoms with van der Waals surface area (Å²) >= 11 is 0. The summed E-state index contributed by atoms with van der Waals surface area (Å²) in [5.74, 6) is 1.13. The van der Waals surface area contributed by atoms with E-state index >= 15 is 0 Å². The lowest BCUT2D eigenvalue weighted by molar-refractivity contribution is 0.0623. The molecule has 0 saturated carbocycles. The van der Waals surface area contributed by atoms with Gasteiger partial charge in [0.1, 0.15) is 6.33 Å². The average molecular weight is 285 g/mol. The Morgan fingerprint density at radius 3 is 2.57 bits per heavy atom. The molecule has 0 bridgehead atoms. The number of carbonyl (C=O) groups is 1. The summed E-state index contributed by atoms with van der Waals surface area (Å²) in [6.07, 6.45) is 2.69. The summed E-state index contributed by atoms with van der Waals surface area (Å²) in [5, 5.41) is 11.2. The molecule has 0 unspecified atom stereocenters.